The van der Waals surface area contributed by atoms with E-state index in [0.717, 1.165) is 28.6 Å². The standard InChI is InChI=1S/C14H18IN3O2/c15-12-4-1-3-11(9-12)14(20)18-6-2-5-17(7-8-18)10-13(16)19/h1,3-4,9H,2,5-8,10H2,(H2,16,19). The zero-order chi connectivity index (χ0) is 14.5. The molecule has 6 heteroatoms. The van der Waals surface area contributed by atoms with Crippen molar-refractivity contribution >= 4 is 34.4 Å². The number of carbonyl (C=O) groups is 2. The van der Waals surface area contributed by atoms with Crippen LogP contribution < -0.4 is 5.73 Å². The van der Waals surface area contributed by atoms with Crippen molar-refractivity contribution in [3.05, 3.63) is 33.4 Å². The molecular formula is C14H18IN3O2. The second-order valence-electron chi connectivity index (χ2n) is 4.90. The Morgan fingerprint density at radius 2 is 2.00 bits per heavy atom. The van der Waals surface area contributed by atoms with Crippen LogP contribution in [0.4, 0.5) is 0 Å². The van der Waals surface area contributed by atoms with Crippen LogP contribution in [0.5, 0.6) is 0 Å². The summed E-state index contributed by atoms with van der Waals surface area (Å²) in [7, 11) is 0. The number of nitrogens with zero attached hydrogens (tertiary/aromatic N) is 2. The SMILES string of the molecule is NC(=O)CN1CCCN(C(=O)c2cccc(I)c2)CC1. The summed E-state index contributed by atoms with van der Waals surface area (Å²) in [4.78, 5) is 27.3. The van der Waals surface area contributed by atoms with E-state index >= 15 is 0 Å². The first-order valence-corrected chi connectivity index (χ1v) is 7.69. The second kappa shape index (κ2) is 7.03. The van der Waals surface area contributed by atoms with Crippen LogP contribution in [-0.2, 0) is 4.79 Å². The maximum absolute atomic E-state index is 12.4. The summed E-state index contributed by atoms with van der Waals surface area (Å²) in [5, 5.41) is 0. The minimum Gasteiger partial charge on any atom is -0.369 e. The lowest BCUT2D eigenvalue weighted by atomic mass is 10.2. The van der Waals surface area contributed by atoms with Crippen LogP contribution in [0.1, 0.15) is 16.8 Å². The molecule has 0 spiro atoms. The molecule has 0 aromatic heterocycles. The number of halogens is 1. The van der Waals surface area contributed by atoms with E-state index in [-0.39, 0.29) is 18.4 Å². The topological polar surface area (TPSA) is 66.6 Å². The quantitative estimate of drug-likeness (QED) is 0.785. The Bertz CT molecular complexity index is 507. The van der Waals surface area contributed by atoms with Crippen LogP contribution in [0.25, 0.3) is 0 Å². The monoisotopic (exact) mass is 387 g/mol. The first kappa shape index (κ1) is 15.2. The number of benzene rings is 1. The number of hydrogen-bond acceptors (Lipinski definition) is 3. The predicted octanol–water partition coefficient (Wildman–Crippen LogP) is 0.924. The van der Waals surface area contributed by atoms with E-state index in [9.17, 15) is 9.59 Å². The molecule has 1 saturated heterocycles. The molecule has 0 unspecified atom stereocenters. The van der Waals surface area contributed by atoms with Gasteiger partial charge in [0.25, 0.3) is 5.91 Å². The molecule has 2 rings (SSSR count). The molecule has 1 fully saturated rings. The van der Waals surface area contributed by atoms with Gasteiger partial charge in [-0.3, -0.25) is 14.5 Å². The minimum absolute atomic E-state index is 0.0597. The van der Waals surface area contributed by atoms with Gasteiger partial charge in [-0.05, 0) is 47.2 Å². The van der Waals surface area contributed by atoms with E-state index in [2.05, 4.69) is 22.6 Å². The van der Waals surface area contributed by atoms with Crippen molar-refractivity contribution in [1.29, 1.82) is 0 Å². The molecule has 108 valence electrons. The average molecular weight is 387 g/mol. The maximum atomic E-state index is 12.4. The van der Waals surface area contributed by atoms with Gasteiger partial charge in [0, 0.05) is 35.3 Å². The number of amides is 2. The van der Waals surface area contributed by atoms with Crippen LogP contribution in [0.3, 0.4) is 0 Å². The van der Waals surface area contributed by atoms with Crippen LogP contribution >= 0.6 is 22.6 Å². The lowest BCUT2D eigenvalue weighted by molar-refractivity contribution is -0.119. The molecular weight excluding hydrogens is 369 g/mol. The van der Waals surface area contributed by atoms with Crippen LogP contribution in [0, 0.1) is 3.57 Å². The van der Waals surface area contributed by atoms with Gasteiger partial charge in [-0.2, -0.15) is 0 Å². The van der Waals surface area contributed by atoms with Gasteiger partial charge in [0.05, 0.1) is 6.54 Å². The Balaban J connectivity index is 1.99. The van der Waals surface area contributed by atoms with E-state index in [1.807, 2.05) is 34.1 Å². The lowest BCUT2D eigenvalue weighted by Crippen LogP contribution is -2.38. The maximum Gasteiger partial charge on any atom is 0.253 e. The molecule has 1 aliphatic rings. The molecule has 1 heterocycles. The minimum atomic E-state index is -0.317. The van der Waals surface area contributed by atoms with E-state index in [4.69, 9.17) is 5.73 Å². The highest BCUT2D eigenvalue weighted by Crippen LogP contribution is 2.12. The third-order valence-electron chi connectivity index (χ3n) is 3.33. The van der Waals surface area contributed by atoms with Gasteiger partial charge < -0.3 is 10.6 Å². The molecule has 0 radical (unpaired) electrons. The van der Waals surface area contributed by atoms with Crippen molar-refractivity contribution in [3.8, 4) is 0 Å². The molecule has 5 nitrogen and oxygen atoms in total. The third kappa shape index (κ3) is 4.17. The fourth-order valence-electron chi connectivity index (χ4n) is 2.36. The van der Waals surface area contributed by atoms with Crippen molar-refractivity contribution in [2.45, 2.75) is 6.42 Å². The molecule has 2 N–H and O–H groups in total. The van der Waals surface area contributed by atoms with Crippen LogP contribution in [0.15, 0.2) is 24.3 Å². The smallest absolute Gasteiger partial charge is 0.253 e. The molecule has 1 aromatic rings. The zero-order valence-electron chi connectivity index (χ0n) is 11.2. The van der Waals surface area contributed by atoms with E-state index in [1.54, 1.807) is 0 Å². The molecule has 1 aromatic carbocycles. The fraction of sp³-hybridized carbons (Fsp3) is 0.429. The fourth-order valence-corrected chi connectivity index (χ4v) is 2.90. The molecule has 2 amide bonds. The Kier molecular flexibility index (Phi) is 5.36. The van der Waals surface area contributed by atoms with Crippen LogP contribution in [-0.4, -0.2) is 54.3 Å². The summed E-state index contributed by atoms with van der Waals surface area (Å²) in [5.41, 5.74) is 5.94. The van der Waals surface area contributed by atoms with Crippen molar-refractivity contribution in [1.82, 2.24) is 9.80 Å². The predicted molar refractivity (Wildman–Crippen MR) is 85.3 cm³/mol. The molecule has 1 aliphatic heterocycles. The summed E-state index contributed by atoms with van der Waals surface area (Å²) in [6, 6.07) is 7.60. The highest BCUT2D eigenvalue weighted by Gasteiger charge is 2.20. The highest BCUT2D eigenvalue weighted by atomic mass is 127. The van der Waals surface area contributed by atoms with Crippen LogP contribution in [0.2, 0.25) is 0 Å². The van der Waals surface area contributed by atoms with Gasteiger partial charge in [0.15, 0.2) is 0 Å². The molecule has 0 atom stereocenters. The Hall–Kier alpha value is -1.15. The largest absolute Gasteiger partial charge is 0.369 e. The first-order valence-electron chi connectivity index (χ1n) is 6.62. The van der Waals surface area contributed by atoms with Gasteiger partial charge in [-0.25, -0.2) is 0 Å². The Morgan fingerprint density at radius 3 is 2.70 bits per heavy atom. The van der Waals surface area contributed by atoms with Crippen molar-refractivity contribution in [3.63, 3.8) is 0 Å². The summed E-state index contributed by atoms with van der Waals surface area (Å²) in [5.74, 6) is -0.258. The van der Waals surface area contributed by atoms with E-state index < -0.39 is 0 Å². The van der Waals surface area contributed by atoms with Gasteiger partial charge >= 0.3 is 0 Å². The third-order valence-corrected chi connectivity index (χ3v) is 4.00. The number of hydrogen-bond donors (Lipinski definition) is 1. The van der Waals surface area contributed by atoms with E-state index in [1.165, 1.54) is 0 Å². The average Bonchev–Trinajstić information content (AvgIpc) is 2.63. The summed E-state index contributed by atoms with van der Waals surface area (Å²) >= 11 is 2.20. The normalized spacial score (nSPS) is 16.8. The number of rotatable bonds is 3. The summed E-state index contributed by atoms with van der Waals surface area (Å²) < 4.78 is 1.05. The molecule has 0 bridgehead atoms. The van der Waals surface area contributed by atoms with Gasteiger partial charge in [-0.15, -0.1) is 0 Å². The molecule has 0 saturated carbocycles. The van der Waals surface area contributed by atoms with Gasteiger partial charge in [-0.1, -0.05) is 6.07 Å². The lowest BCUT2D eigenvalue weighted by Gasteiger charge is -2.21. The van der Waals surface area contributed by atoms with Gasteiger partial charge in [0.2, 0.25) is 5.91 Å². The van der Waals surface area contributed by atoms with Crippen molar-refractivity contribution in [2.24, 2.45) is 5.73 Å². The molecule has 0 aliphatic carbocycles. The van der Waals surface area contributed by atoms with E-state index in [0.29, 0.717) is 13.1 Å². The number of primary amides is 1. The second-order valence-corrected chi connectivity index (χ2v) is 6.14. The van der Waals surface area contributed by atoms with Crippen molar-refractivity contribution in [2.75, 3.05) is 32.7 Å². The zero-order valence-corrected chi connectivity index (χ0v) is 13.4. The summed E-state index contributed by atoms with van der Waals surface area (Å²) in [6.45, 7) is 3.13. The van der Waals surface area contributed by atoms with Gasteiger partial charge in [0.1, 0.15) is 0 Å². The Morgan fingerprint density at radius 1 is 1.20 bits per heavy atom. The first-order chi connectivity index (χ1) is 9.56. The number of carbonyl (C=O) groups excluding carboxylic acids is 2. The number of nitrogens with two attached hydrogens (primary N) is 1. The highest BCUT2D eigenvalue weighted by molar-refractivity contribution is 14.1. The Labute approximate surface area is 132 Å². The summed E-state index contributed by atoms with van der Waals surface area (Å²) in [6.07, 6.45) is 0.864. The molecule has 20 heavy (non-hydrogen) atoms. The van der Waals surface area contributed by atoms with Crippen molar-refractivity contribution < 1.29 is 9.59 Å².